The van der Waals surface area contributed by atoms with E-state index in [4.69, 9.17) is 0 Å². The molecule has 0 fully saturated rings. The molecule has 2 aromatic carbocycles. The summed E-state index contributed by atoms with van der Waals surface area (Å²) in [6.45, 7) is 12.4. The Labute approximate surface area is 155 Å². The van der Waals surface area contributed by atoms with E-state index < -0.39 is 0 Å². The number of aryl methyl sites for hydroxylation is 1. The first-order valence-corrected chi connectivity index (χ1v) is 9.51. The van der Waals surface area contributed by atoms with Gasteiger partial charge in [0.05, 0.1) is 0 Å². The number of hydrogen-bond donors (Lipinski definition) is 1. The lowest BCUT2D eigenvalue weighted by molar-refractivity contribution is 0.578. The second kappa shape index (κ2) is 6.05. The van der Waals surface area contributed by atoms with Gasteiger partial charge in [-0.25, -0.2) is 0 Å². The number of H-pyrrole nitrogens is 1. The molecule has 2 nitrogen and oxygen atoms in total. The van der Waals surface area contributed by atoms with Crippen molar-refractivity contribution < 1.29 is 0 Å². The van der Waals surface area contributed by atoms with Crippen molar-refractivity contribution in [2.24, 2.45) is 0 Å². The Morgan fingerprint density at radius 3 is 2.50 bits per heavy atom. The van der Waals surface area contributed by atoms with E-state index in [1.165, 1.54) is 38.5 Å². The second-order valence-corrected chi connectivity index (χ2v) is 8.60. The topological polar surface area (TPSA) is 20.7 Å². The maximum Gasteiger partial charge on any atom is 0.0486 e. The van der Waals surface area contributed by atoms with E-state index in [9.17, 15) is 0 Å². The van der Waals surface area contributed by atoms with E-state index in [0.29, 0.717) is 5.92 Å². The maximum atomic E-state index is 3.48. The quantitative estimate of drug-likeness (QED) is 0.436. The van der Waals surface area contributed by atoms with Crippen molar-refractivity contribution >= 4 is 21.8 Å². The van der Waals surface area contributed by atoms with Gasteiger partial charge in [0.25, 0.3) is 0 Å². The minimum Gasteiger partial charge on any atom is -0.361 e. The van der Waals surface area contributed by atoms with E-state index >= 15 is 0 Å². The third kappa shape index (κ3) is 2.74. The lowest BCUT2D eigenvalue weighted by Crippen LogP contribution is -2.10. The molecule has 0 amide bonds. The Morgan fingerprint density at radius 2 is 1.73 bits per heavy atom. The van der Waals surface area contributed by atoms with E-state index in [2.05, 4.69) is 99.0 Å². The monoisotopic (exact) mass is 344 g/mol. The Hall–Kier alpha value is -2.48. The van der Waals surface area contributed by atoms with Gasteiger partial charge in [-0.15, -0.1) is 0 Å². The van der Waals surface area contributed by atoms with Crippen LogP contribution in [0, 0.1) is 6.92 Å². The van der Waals surface area contributed by atoms with Crippen LogP contribution in [0.1, 0.15) is 50.3 Å². The molecule has 0 saturated heterocycles. The minimum atomic E-state index is 0.145. The predicted molar refractivity (Wildman–Crippen MR) is 112 cm³/mol. The molecule has 1 atom stereocenters. The molecule has 4 aromatic rings. The van der Waals surface area contributed by atoms with Crippen molar-refractivity contribution in [3.8, 4) is 0 Å². The van der Waals surface area contributed by atoms with E-state index in [1.807, 2.05) is 0 Å². The number of aromatic nitrogens is 2. The number of nitrogens with zero attached hydrogens (tertiary/aromatic N) is 1. The molecule has 2 aromatic heterocycles. The molecule has 1 unspecified atom stereocenters. The highest BCUT2D eigenvalue weighted by atomic mass is 15.0. The highest BCUT2D eigenvalue weighted by molar-refractivity contribution is 5.87. The molecular formula is C24H28N2. The number of benzene rings is 2. The van der Waals surface area contributed by atoms with Crippen LogP contribution in [0.5, 0.6) is 0 Å². The zero-order valence-electron chi connectivity index (χ0n) is 16.4. The van der Waals surface area contributed by atoms with Crippen molar-refractivity contribution in [2.75, 3.05) is 0 Å². The lowest BCUT2D eigenvalue weighted by Gasteiger charge is -2.17. The van der Waals surface area contributed by atoms with Gasteiger partial charge in [-0.3, -0.25) is 0 Å². The average Bonchev–Trinajstić information content (AvgIpc) is 3.18. The van der Waals surface area contributed by atoms with Gasteiger partial charge < -0.3 is 9.55 Å². The first-order chi connectivity index (χ1) is 12.4. The molecule has 0 saturated carbocycles. The molecule has 0 aliphatic carbocycles. The molecular weight excluding hydrogens is 316 g/mol. The summed E-state index contributed by atoms with van der Waals surface area (Å²) in [4.78, 5) is 3.48. The van der Waals surface area contributed by atoms with E-state index in [-0.39, 0.29) is 5.41 Å². The third-order valence-electron chi connectivity index (χ3n) is 5.55. The van der Waals surface area contributed by atoms with Crippen molar-refractivity contribution in [3.05, 3.63) is 71.5 Å². The molecule has 134 valence electrons. The Bertz CT molecular complexity index is 1070. The SMILES string of the molecule is Cc1cccc2c(C(C)Cn3cc(C(C)(C)C)c4ccccc43)c[nH]c12. The molecule has 0 spiro atoms. The molecule has 0 radical (unpaired) electrons. The molecule has 1 N–H and O–H groups in total. The predicted octanol–water partition coefficient (Wildman–Crippen LogP) is 6.53. The number of rotatable bonds is 3. The first kappa shape index (κ1) is 17.0. The van der Waals surface area contributed by atoms with Crippen LogP contribution in [0.2, 0.25) is 0 Å². The summed E-state index contributed by atoms with van der Waals surface area (Å²) in [5, 5.41) is 2.73. The van der Waals surface area contributed by atoms with Crippen molar-refractivity contribution in [1.29, 1.82) is 0 Å². The smallest absolute Gasteiger partial charge is 0.0486 e. The summed E-state index contributed by atoms with van der Waals surface area (Å²) < 4.78 is 2.44. The van der Waals surface area contributed by atoms with Gasteiger partial charge in [-0.1, -0.05) is 64.1 Å². The number of fused-ring (bicyclic) bond motifs is 2. The molecule has 4 rings (SSSR count). The molecule has 0 aliphatic heterocycles. The Morgan fingerprint density at radius 1 is 1.00 bits per heavy atom. The van der Waals surface area contributed by atoms with Gasteiger partial charge in [-0.2, -0.15) is 0 Å². The largest absolute Gasteiger partial charge is 0.361 e. The second-order valence-electron chi connectivity index (χ2n) is 8.60. The number of nitrogens with one attached hydrogen (secondary N) is 1. The molecule has 0 aliphatic rings. The lowest BCUT2D eigenvalue weighted by atomic mass is 9.87. The Balaban J connectivity index is 1.76. The van der Waals surface area contributed by atoms with Gasteiger partial charge in [-0.05, 0) is 35.1 Å². The number of aromatic amines is 1. The summed E-state index contributed by atoms with van der Waals surface area (Å²) in [5.74, 6) is 0.439. The van der Waals surface area contributed by atoms with E-state index in [0.717, 1.165) is 6.54 Å². The van der Waals surface area contributed by atoms with Gasteiger partial charge in [0, 0.05) is 46.7 Å². The fourth-order valence-corrected chi connectivity index (χ4v) is 4.12. The van der Waals surface area contributed by atoms with Gasteiger partial charge in [0.2, 0.25) is 0 Å². The van der Waals surface area contributed by atoms with Crippen LogP contribution < -0.4 is 0 Å². The van der Waals surface area contributed by atoms with Crippen LogP contribution in [-0.4, -0.2) is 9.55 Å². The zero-order valence-corrected chi connectivity index (χ0v) is 16.4. The summed E-state index contributed by atoms with van der Waals surface area (Å²) in [7, 11) is 0. The van der Waals surface area contributed by atoms with Crippen LogP contribution in [-0.2, 0) is 12.0 Å². The number of para-hydroxylation sites is 2. The van der Waals surface area contributed by atoms with Crippen LogP contribution in [0.15, 0.2) is 54.9 Å². The summed E-state index contributed by atoms with van der Waals surface area (Å²) >= 11 is 0. The van der Waals surface area contributed by atoms with Crippen molar-refractivity contribution in [1.82, 2.24) is 9.55 Å². The zero-order chi connectivity index (χ0) is 18.5. The van der Waals surface area contributed by atoms with Crippen LogP contribution in [0.4, 0.5) is 0 Å². The third-order valence-corrected chi connectivity index (χ3v) is 5.55. The minimum absolute atomic E-state index is 0.145. The molecule has 26 heavy (non-hydrogen) atoms. The van der Waals surface area contributed by atoms with Crippen LogP contribution >= 0.6 is 0 Å². The summed E-state index contributed by atoms with van der Waals surface area (Å²) in [6.07, 6.45) is 4.56. The van der Waals surface area contributed by atoms with Crippen LogP contribution in [0.25, 0.3) is 21.8 Å². The normalized spacial score (nSPS) is 13.6. The standard InChI is InChI=1S/C24H28N2/c1-16-9-8-11-18-20(13-25-23(16)18)17(2)14-26-15-21(24(3,4)5)19-10-6-7-12-22(19)26/h6-13,15,17,25H,14H2,1-5H3. The fourth-order valence-electron chi connectivity index (χ4n) is 4.12. The van der Waals surface area contributed by atoms with Crippen molar-refractivity contribution in [2.45, 2.75) is 52.5 Å². The van der Waals surface area contributed by atoms with Gasteiger partial charge >= 0.3 is 0 Å². The summed E-state index contributed by atoms with van der Waals surface area (Å²) in [6, 6.07) is 15.4. The highest BCUT2D eigenvalue weighted by Crippen LogP contribution is 2.34. The van der Waals surface area contributed by atoms with Gasteiger partial charge in [0.1, 0.15) is 0 Å². The Kier molecular flexibility index (Phi) is 3.95. The maximum absolute atomic E-state index is 3.48. The molecule has 0 bridgehead atoms. The average molecular weight is 345 g/mol. The number of hydrogen-bond acceptors (Lipinski definition) is 0. The highest BCUT2D eigenvalue weighted by Gasteiger charge is 2.21. The van der Waals surface area contributed by atoms with Crippen LogP contribution in [0.3, 0.4) is 0 Å². The van der Waals surface area contributed by atoms with Crippen molar-refractivity contribution in [3.63, 3.8) is 0 Å². The molecule has 2 heterocycles. The molecule has 2 heteroatoms. The van der Waals surface area contributed by atoms with E-state index in [1.54, 1.807) is 0 Å². The fraction of sp³-hybridized carbons (Fsp3) is 0.333. The summed E-state index contributed by atoms with van der Waals surface area (Å²) in [5.41, 5.74) is 6.88. The first-order valence-electron chi connectivity index (χ1n) is 9.51. The van der Waals surface area contributed by atoms with Gasteiger partial charge in [0.15, 0.2) is 0 Å².